The first-order valence-electron chi connectivity index (χ1n) is 7.82. The lowest BCUT2D eigenvalue weighted by atomic mass is 9.68. The van der Waals surface area contributed by atoms with E-state index in [1.807, 2.05) is 12.1 Å². The van der Waals surface area contributed by atoms with Crippen LogP contribution in [0.15, 0.2) is 24.3 Å². The topological polar surface area (TPSA) is 36.3 Å². The Hall–Kier alpha value is -1.53. The van der Waals surface area contributed by atoms with Gasteiger partial charge in [0.15, 0.2) is 0 Å². The first-order chi connectivity index (χ1) is 10.1. The summed E-state index contributed by atoms with van der Waals surface area (Å²) in [5.41, 5.74) is 1.55. The van der Waals surface area contributed by atoms with Crippen LogP contribution in [0.25, 0.3) is 0 Å². The van der Waals surface area contributed by atoms with Crippen molar-refractivity contribution in [1.29, 1.82) is 5.26 Å². The largest absolute Gasteiger partial charge is 0.497 e. The van der Waals surface area contributed by atoms with Gasteiger partial charge in [0.1, 0.15) is 5.75 Å². The molecule has 0 bridgehead atoms. The van der Waals surface area contributed by atoms with Crippen molar-refractivity contribution < 1.29 is 4.74 Å². The molecule has 0 saturated carbocycles. The second-order valence-corrected chi connectivity index (χ2v) is 6.48. The van der Waals surface area contributed by atoms with E-state index < -0.39 is 0 Å². The molecular weight excluding hydrogens is 260 g/mol. The van der Waals surface area contributed by atoms with Crippen LogP contribution in [-0.2, 0) is 6.54 Å². The minimum Gasteiger partial charge on any atom is -0.497 e. The van der Waals surface area contributed by atoms with Gasteiger partial charge in [-0.3, -0.25) is 4.90 Å². The first kappa shape index (κ1) is 15.9. The van der Waals surface area contributed by atoms with Gasteiger partial charge in [-0.25, -0.2) is 0 Å². The zero-order valence-electron chi connectivity index (χ0n) is 13.4. The van der Waals surface area contributed by atoms with Gasteiger partial charge in [-0.05, 0) is 55.0 Å². The molecule has 21 heavy (non-hydrogen) atoms. The zero-order valence-corrected chi connectivity index (χ0v) is 13.4. The summed E-state index contributed by atoms with van der Waals surface area (Å²) < 4.78 is 5.20. The summed E-state index contributed by atoms with van der Waals surface area (Å²) >= 11 is 0. The van der Waals surface area contributed by atoms with Crippen molar-refractivity contribution in [3.8, 4) is 11.8 Å². The number of likely N-dealkylation sites (tertiary alicyclic amines) is 1. The summed E-state index contributed by atoms with van der Waals surface area (Å²) in [7, 11) is 1.69. The molecule has 1 aromatic rings. The van der Waals surface area contributed by atoms with Crippen molar-refractivity contribution in [2.75, 3.05) is 20.2 Å². The molecule has 2 rings (SSSR count). The Labute approximate surface area is 128 Å². The lowest BCUT2D eigenvalue weighted by molar-refractivity contribution is 0.0617. The third kappa shape index (κ3) is 3.77. The number of hydrogen-bond donors (Lipinski definition) is 0. The van der Waals surface area contributed by atoms with E-state index in [9.17, 15) is 0 Å². The van der Waals surface area contributed by atoms with Gasteiger partial charge in [0.05, 0.1) is 13.2 Å². The number of rotatable bonds is 5. The number of hydrogen-bond acceptors (Lipinski definition) is 3. The van der Waals surface area contributed by atoms with Gasteiger partial charge < -0.3 is 4.74 Å². The summed E-state index contributed by atoms with van der Waals surface area (Å²) in [4.78, 5) is 2.50. The third-order valence-electron chi connectivity index (χ3n) is 5.07. The molecule has 1 fully saturated rings. The van der Waals surface area contributed by atoms with E-state index in [1.54, 1.807) is 7.11 Å². The highest BCUT2D eigenvalue weighted by atomic mass is 16.5. The highest BCUT2D eigenvalue weighted by Gasteiger charge is 2.37. The van der Waals surface area contributed by atoms with Gasteiger partial charge >= 0.3 is 0 Å². The second-order valence-electron chi connectivity index (χ2n) is 6.48. The van der Waals surface area contributed by atoms with Crippen LogP contribution in [-0.4, -0.2) is 25.1 Å². The lowest BCUT2D eigenvalue weighted by Crippen LogP contribution is -2.42. The Morgan fingerprint density at radius 2 is 1.86 bits per heavy atom. The first-order valence-corrected chi connectivity index (χ1v) is 7.82. The van der Waals surface area contributed by atoms with Crippen LogP contribution < -0.4 is 4.74 Å². The van der Waals surface area contributed by atoms with Crippen molar-refractivity contribution >= 4 is 0 Å². The molecule has 3 heteroatoms. The molecule has 0 unspecified atom stereocenters. The molecule has 1 aliphatic rings. The maximum atomic E-state index is 9.11. The smallest absolute Gasteiger partial charge is 0.118 e. The molecule has 0 radical (unpaired) electrons. The molecule has 1 aromatic carbocycles. The molecule has 1 aliphatic heterocycles. The summed E-state index contributed by atoms with van der Waals surface area (Å²) in [5, 5.41) is 9.11. The number of piperidine rings is 1. The number of ether oxygens (including phenoxy) is 1. The normalized spacial score (nSPS) is 18.4. The maximum absolute atomic E-state index is 9.11. The Morgan fingerprint density at radius 3 is 2.33 bits per heavy atom. The fraction of sp³-hybridized carbons (Fsp3) is 0.611. The monoisotopic (exact) mass is 286 g/mol. The van der Waals surface area contributed by atoms with Crippen LogP contribution in [0.4, 0.5) is 0 Å². The highest BCUT2D eigenvalue weighted by molar-refractivity contribution is 5.27. The molecule has 0 aliphatic carbocycles. The zero-order chi connectivity index (χ0) is 15.3. The third-order valence-corrected chi connectivity index (χ3v) is 5.07. The van der Waals surface area contributed by atoms with Crippen molar-refractivity contribution in [1.82, 2.24) is 4.90 Å². The van der Waals surface area contributed by atoms with Crippen molar-refractivity contribution in [3.05, 3.63) is 29.8 Å². The average Bonchev–Trinajstić information content (AvgIpc) is 2.50. The van der Waals surface area contributed by atoms with Crippen LogP contribution in [0.3, 0.4) is 0 Å². The summed E-state index contributed by atoms with van der Waals surface area (Å²) in [6, 6.07) is 10.7. The van der Waals surface area contributed by atoms with Gasteiger partial charge in [0.2, 0.25) is 0 Å². The fourth-order valence-corrected chi connectivity index (χ4v) is 3.26. The lowest BCUT2D eigenvalue weighted by Gasteiger charge is -2.43. The fourth-order valence-electron chi connectivity index (χ4n) is 3.26. The quantitative estimate of drug-likeness (QED) is 0.825. The molecule has 0 atom stereocenters. The number of nitrogens with zero attached hydrogens (tertiary/aromatic N) is 2. The van der Waals surface area contributed by atoms with Gasteiger partial charge in [-0.1, -0.05) is 26.0 Å². The Kier molecular flexibility index (Phi) is 5.25. The number of nitriles is 1. The Bertz CT molecular complexity index is 479. The van der Waals surface area contributed by atoms with Crippen molar-refractivity contribution in [3.63, 3.8) is 0 Å². The molecule has 0 aromatic heterocycles. The van der Waals surface area contributed by atoms with Gasteiger partial charge in [0.25, 0.3) is 0 Å². The minimum atomic E-state index is 0.227. The second kappa shape index (κ2) is 6.95. The van der Waals surface area contributed by atoms with Gasteiger partial charge in [0, 0.05) is 13.0 Å². The summed E-state index contributed by atoms with van der Waals surface area (Å²) in [5.74, 6) is 1.49. The highest BCUT2D eigenvalue weighted by Crippen LogP contribution is 2.41. The van der Waals surface area contributed by atoms with Crippen LogP contribution in [0.5, 0.6) is 5.75 Å². The molecule has 0 amide bonds. The van der Waals surface area contributed by atoms with E-state index in [-0.39, 0.29) is 5.41 Å². The van der Waals surface area contributed by atoms with Crippen LogP contribution in [0, 0.1) is 22.7 Å². The SMILES string of the molecule is COc1ccc(CN2CCC(CC#N)(C(C)C)CC2)cc1. The average molecular weight is 286 g/mol. The van der Waals surface area contributed by atoms with Gasteiger partial charge in [-0.15, -0.1) is 0 Å². The number of methoxy groups -OCH3 is 1. The minimum absolute atomic E-state index is 0.227. The van der Waals surface area contributed by atoms with E-state index in [0.29, 0.717) is 12.3 Å². The predicted molar refractivity (Wildman–Crippen MR) is 85.0 cm³/mol. The Morgan fingerprint density at radius 1 is 1.24 bits per heavy atom. The van der Waals surface area contributed by atoms with Crippen LogP contribution in [0.1, 0.15) is 38.7 Å². The predicted octanol–water partition coefficient (Wildman–Crippen LogP) is 3.85. The molecule has 1 heterocycles. The molecular formula is C18H26N2O. The van der Waals surface area contributed by atoms with E-state index in [0.717, 1.165) is 38.2 Å². The maximum Gasteiger partial charge on any atom is 0.118 e. The molecule has 114 valence electrons. The van der Waals surface area contributed by atoms with E-state index >= 15 is 0 Å². The van der Waals surface area contributed by atoms with E-state index in [2.05, 4.69) is 36.9 Å². The molecule has 1 saturated heterocycles. The summed E-state index contributed by atoms with van der Waals surface area (Å²) in [6.07, 6.45) is 2.96. The standard InChI is InChI=1S/C18H26N2O/c1-15(2)18(8-11-19)9-12-20(13-10-18)14-16-4-6-17(21-3)7-5-16/h4-7,15H,8-10,12-14H2,1-3H3. The van der Waals surface area contributed by atoms with Crippen molar-refractivity contribution in [2.45, 2.75) is 39.7 Å². The number of benzene rings is 1. The van der Waals surface area contributed by atoms with E-state index in [4.69, 9.17) is 10.00 Å². The van der Waals surface area contributed by atoms with Crippen LogP contribution >= 0.6 is 0 Å². The Balaban J connectivity index is 1.92. The summed E-state index contributed by atoms with van der Waals surface area (Å²) in [6.45, 7) is 7.69. The van der Waals surface area contributed by atoms with Gasteiger partial charge in [-0.2, -0.15) is 5.26 Å². The molecule has 3 nitrogen and oxygen atoms in total. The van der Waals surface area contributed by atoms with Crippen LogP contribution in [0.2, 0.25) is 0 Å². The molecule has 0 spiro atoms. The molecule has 0 N–H and O–H groups in total. The van der Waals surface area contributed by atoms with Crippen molar-refractivity contribution in [2.24, 2.45) is 11.3 Å². The van der Waals surface area contributed by atoms with E-state index in [1.165, 1.54) is 5.56 Å².